The highest BCUT2D eigenvalue weighted by Crippen LogP contribution is 2.25. The van der Waals surface area contributed by atoms with Gasteiger partial charge < -0.3 is 14.2 Å². The van der Waals surface area contributed by atoms with E-state index in [9.17, 15) is 0 Å². The first-order valence-corrected chi connectivity index (χ1v) is 8.11. The molecule has 0 saturated carbocycles. The van der Waals surface area contributed by atoms with Crippen molar-refractivity contribution in [2.45, 2.75) is 6.54 Å². The van der Waals surface area contributed by atoms with Crippen molar-refractivity contribution in [2.24, 2.45) is 0 Å². The van der Waals surface area contributed by atoms with Gasteiger partial charge in [-0.1, -0.05) is 36.1 Å². The van der Waals surface area contributed by atoms with Crippen LogP contribution in [0.1, 0.15) is 5.56 Å². The van der Waals surface area contributed by atoms with E-state index in [0.29, 0.717) is 19.8 Å². The Labute approximate surface area is 151 Å². The minimum Gasteiger partial charge on any atom is -0.497 e. The van der Waals surface area contributed by atoms with Crippen LogP contribution >= 0.6 is 0 Å². The Morgan fingerprint density at radius 2 is 1.96 bits per heavy atom. The maximum Gasteiger partial charge on any atom is 0.127 e. The summed E-state index contributed by atoms with van der Waals surface area (Å²) in [5.41, 5.74) is 1.08. The third-order valence-electron chi connectivity index (χ3n) is 3.33. The van der Waals surface area contributed by atoms with Gasteiger partial charge in [0.05, 0.1) is 34.0 Å². The van der Waals surface area contributed by atoms with Crippen LogP contribution in [0.3, 0.4) is 0 Å². The fourth-order valence-corrected chi connectivity index (χ4v) is 2.13. The summed E-state index contributed by atoms with van der Waals surface area (Å²) in [6.45, 7) is 10.6. The van der Waals surface area contributed by atoms with Crippen molar-refractivity contribution in [1.29, 1.82) is 0 Å². The number of allylic oxidation sites excluding steroid dienone is 1. The Kier molecular flexibility index (Phi) is 10.6. The van der Waals surface area contributed by atoms with E-state index in [1.54, 1.807) is 20.3 Å². The van der Waals surface area contributed by atoms with Gasteiger partial charge in [0.15, 0.2) is 0 Å². The number of methoxy groups -OCH3 is 2. The van der Waals surface area contributed by atoms with Crippen LogP contribution in [0.5, 0.6) is 11.5 Å². The van der Waals surface area contributed by atoms with Gasteiger partial charge in [-0.15, -0.1) is 13.2 Å². The molecule has 0 unspecified atom stereocenters. The lowest BCUT2D eigenvalue weighted by Crippen LogP contribution is -2.24. The lowest BCUT2D eigenvalue weighted by Gasteiger charge is -2.19. The van der Waals surface area contributed by atoms with Crippen LogP contribution in [0.2, 0.25) is 0 Å². The van der Waals surface area contributed by atoms with E-state index in [4.69, 9.17) is 14.2 Å². The van der Waals surface area contributed by atoms with E-state index in [0.717, 1.165) is 30.2 Å². The average Bonchev–Trinajstić information content (AvgIpc) is 2.64. The van der Waals surface area contributed by atoms with Crippen molar-refractivity contribution in [2.75, 3.05) is 40.5 Å². The molecule has 4 heteroatoms. The summed E-state index contributed by atoms with van der Waals surface area (Å²) in [7, 11) is 3.30. The maximum absolute atomic E-state index is 5.46. The van der Waals surface area contributed by atoms with Crippen LogP contribution in [0.4, 0.5) is 0 Å². The molecule has 0 radical (unpaired) electrons. The lowest BCUT2D eigenvalue weighted by atomic mass is 10.1. The van der Waals surface area contributed by atoms with Crippen molar-refractivity contribution < 1.29 is 14.2 Å². The van der Waals surface area contributed by atoms with Gasteiger partial charge in [0, 0.05) is 24.7 Å². The maximum atomic E-state index is 5.46. The Morgan fingerprint density at radius 1 is 1.12 bits per heavy atom. The Bertz CT molecular complexity index is 626. The van der Waals surface area contributed by atoms with Gasteiger partial charge in [-0.2, -0.15) is 0 Å². The van der Waals surface area contributed by atoms with E-state index in [2.05, 4.69) is 29.9 Å². The van der Waals surface area contributed by atoms with Crippen molar-refractivity contribution in [3.63, 3.8) is 0 Å². The van der Waals surface area contributed by atoms with Crippen LogP contribution < -0.4 is 9.47 Å². The molecule has 0 bridgehead atoms. The molecule has 25 heavy (non-hydrogen) atoms. The molecule has 0 fully saturated rings. The molecule has 0 aliphatic rings. The van der Waals surface area contributed by atoms with Crippen LogP contribution in [0.25, 0.3) is 0 Å². The van der Waals surface area contributed by atoms with Crippen LogP contribution in [0, 0.1) is 11.8 Å². The van der Waals surface area contributed by atoms with Gasteiger partial charge in [-0.3, -0.25) is 4.90 Å². The number of nitrogens with zero attached hydrogens (tertiary/aromatic N) is 1. The largest absolute Gasteiger partial charge is 0.497 e. The second-order valence-corrected chi connectivity index (χ2v) is 5.19. The topological polar surface area (TPSA) is 30.9 Å². The molecule has 1 aromatic rings. The van der Waals surface area contributed by atoms with Gasteiger partial charge in [-0.05, 0) is 12.1 Å². The van der Waals surface area contributed by atoms with E-state index in [-0.39, 0.29) is 0 Å². The fourth-order valence-electron chi connectivity index (χ4n) is 2.13. The molecule has 0 N–H and O–H groups in total. The molecule has 134 valence electrons. The van der Waals surface area contributed by atoms with E-state index >= 15 is 0 Å². The summed E-state index contributed by atoms with van der Waals surface area (Å²) in [5, 5.41) is 0. The molecule has 4 nitrogen and oxygen atoms in total. The standard InChI is InChI=1S/C21H27NO3/c1-5-13-22(14-9-7-8-10-16-25-15-6-2)18-19-11-12-20(23-3)17-21(19)24-4/h5-6,8,10-12,17H,1-2,13-16,18H2,3-4H3/b10-8+. The van der Waals surface area contributed by atoms with Crippen molar-refractivity contribution >= 4 is 0 Å². The molecule has 1 rings (SSSR count). The first-order valence-electron chi connectivity index (χ1n) is 8.11. The molecule has 0 aliphatic heterocycles. The third-order valence-corrected chi connectivity index (χ3v) is 3.33. The minimum absolute atomic E-state index is 0.542. The van der Waals surface area contributed by atoms with Gasteiger partial charge in [0.1, 0.15) is 11.5 Å². The number of rotatable bonds is 11. The normalized spacial score (nSPS) is 10.4. The quantitative estimate of drug-likeness (QED) is 0.350. The second kappa shape index (κ2) is 12.9. The first-order chi connectivity index (χ1) is 12.2. The molecule has 0 aliphatic carbocycles. The molecular weight excluding hydrogens is 314 g/mol. The summed E-state index contributed by atoms with van der Waals surface area (Å²) in [6, 6.07) is 5.83. The van der Waals surface area contributed by atoms with E-state index in [1.807, 2.05) is 36.4 Å². The van der Waals surface area contributed by atoms with Gasteiger partial charge >= 0.3 is 0 Å². The second-order valence-electron chi connectivity index (χ2n) is 5.19. The highest BCUT2D eigenvalue weighted by Gasteiger charge is 2.09. The highest BCUT2D eigenvalue weighted by atomic mass is 16.5. The summed E-state index contributed by atoms with van der Waals surface area (Å²) in [6.07, 6.45) is 7.29. The summed E-state index contributed by atoms with van der Waals surface area (Å²) in [5.74, 6) is 7.75. The summed E-state index contributed by atoms with van der Waals surface area (Å²) < 4.78 is 15.9. The number of hydrogen-bond acceptors (Lipinski definition) is 4. The van der Waals surface area contributed by atoms with Crippen LogP contribution in [0.15, 0.2) is 55.7 Å². The summed E-state index contributed by atoms with van der Waals surface area (Å²) >= 11 is 0. The van der Waals surface area contributed by atoms with Crippen molar-refractivity contribution in [3.8, 4) is 23.3 Å². The Balaban J connectivity index is 2.63. The number of hydrogen-bond donors (Lipinski definition) is 0. The minimum atomic E-state index is 0.542. The fraction of sp³-hybridized carbons (Fsp3) is 0.333. The highest BCUT2D eigenvalue weighted by molar-refractivity contribution is 5.40. The molecular formula is C21H27NO3. The molecule has 0 spiro atoms. The van der Waals surface area contributed by atoms with Gasteiger partial charge in [0.25, 0.3) is 0 Å². The zero-order valence-corrected chi connectivity index (χ0v) is 15.2. The van der Waals surface area contributed by atoms with Gasteiger partial charge in [-0.25, -0.2) is 0 Å². The molecule has 0 aromatic heterocycles. The Morgan fingerprint density at radius 3 is 2.64 bits per heavy atom. The van der Waals surface area contributed by atoms with Crippen molar-refractivity contribution in [3.05, 3.63) is 61.2 Å². The third kappa shape index (κ3) is 8.25. The number of ether oxygens (including phenoxy) is 3. The SMILES string of the molecule is C=CCOC/C=C/C#CCN(CC=C)Cc1ccc(OC)cc1OC. The molecule has 0 amide bonds. The van der Waals surface area contributed by atoms with Crippen LogP contribution in [-0.4, -0.2) is 45.4 Å². The molecule has 0 heterocycles. The molecule has 1 aromatic carbocycles. The monoisotopic (exact) mass is 341 g/mol. The zero-order chi connectivity index (χ0) is 18.3. The number of benzene rings is 1. The lowest BCUT2D eigenvalue weighted by molar-refractivity contribution is 0.194. The smallest absolute Gasteiger partial charge is 0.127 e. The predicted molar refractivity (Wildman–Crippen MR) is 103 cm³/mol. The Hall–Kier alpha value is -2.48. The molecule has 0 saturated heterocycles. The van der Waals surface area contributed by atoms with E-state index < -0.39 is 0 Å². The van der Waals surface area contributed by atoms with Crippen LogP contribution in [-0.2, 0) is 11.3 Å². The summed E-state index contributed by atoms with van der Waals surface area (Å²) in [4.78, 5) is 2.19. The van der Waals surface area contributed by atoms with Gasteiger partial charge in [0.2, 0.25) is 0 Å². The average molecular weight is 341 g/mol. The first kappa shape index (κ1) is 20.6. The predicted octanol–water partition coefficient (Wildman–Crippen LogP) is 3.45. The molecule has 0 atom stereocenters. The zero-order valence-electron chi connectivity index (χ0n) is 15.2. The van der Waals surface area contributed by atoms with Crippen molar-refractivity contribution in [1.82, 2.24) is 4.90 Å². The van der Waals surface area contributed by atoms with E-state index in [1.165, 1.54) is 0 Å².